The fourth-order valence-electron chi connectivity index (χ4n) is 2.08. The number of aromatic nitrogens is 2. The average molecular weight is 304 g/mol. The number of nitrogens with zero attached hydrogens (tertiary/aromatic N) is 3. The fraction of sp³-hybridized carbons (Fsp3) is 0.400. The Kier molecular flexibility index (Phi) is 5.83. The zero-order valence-corrected chi connectivity index (χ0v) is 13.0. The predicted molar refractivity (Wildman–Crippen MR) is 84.1 cm³/mol. The molecule has 1 amide bonds. The molecule has 0 radical (unpaired) electrons. The first kappa shape index (κ1) is 15.6. The van der Waals surface area contributed by atoms with Crippen LogP contribution in [0.4, 0.5) is 0 Å². The van der Waals surface area contributed by atoms with Crippen molar-refractivity contribution >= 4 is 17.4 Å². The first-order chi connectivity index (χ1) is 10.3. The SMILES string of the molecule is CCc1nnsc1C(=O)N(CCCN)Cc1ccccc1. The van der Waals surface area contributed by atoms with Crippen LogP contribution < -0.4 is 5.73 Å². The van der Waals surface area contributed by atoms with Crippen LogP contribution in [-0.4, -0.2) is 33.5 Å². The smallest absolute Gasteiger partial charge is 0.267 e. The molecule has 21 heavy (non-hydrogen) atoms. The Morgan fingerprint density at radius 1 is 1.33 bits per heavy atom. The normalized spacial score (nSPS) is 10.6. The van der Waals surface area contributed by atoms with Gasteiger partial charge in [-0.15, -0.1) is 5.10 Å². The number of carbonyl (C=O) groups is 1. The number of rotatable bonds is 7. The predicted octanol–water partition coefficient (Wildman–Crippen LogP) is 2.09. The van der Waals surface area contributed by atoms with E-state index in [0.717, 1.165) is 17.7 Å². The third kappa shape index (κ3) is 4.09. The molecule has 1 aromatic heterocycles. The minimum atomic E-state index is -0.000784. The minimum absolute atomic E-state index is 0.000784. The van der Waals surface area contributed by atoms with Crippen molar-refractivity contribution in [3.8, 4) is 0 Å². The second-order valence-corrected chi connectivity index (χ2v) is 5.51. The lowest BCUT2D eigenvalue weighted by molar-refractivity contribution is 0.0746. The highest BCUT2D eigenvalue weighted by Crippen LogP contribution is 2.16. The second-order valence-electron chi connectivity index (χ2n) is 4.76. The molecule has 6 heteroatoms. The van der Waals surface area contributed by atoms with Crippen LogP contribution in [0.25, 0.3) is 0 Å². The molecule has 0 unspecified atom stereocenters. The van der Waals surface area contributed by atoms with Gasteiger partial charge in [0.25, 0.3) is 5.91 Å². The molecule has 1 heterocycles. The van der Waals surface area contributed by atoms with Crippen molar-refractivity contribution < 1.29 is 4.79 Å². The Bertz CT molecular complexity index is 570. The third-order valence-electron chi connectivity index (χ3n) is 3.22. The molecule has 5 nitrogen and oxygen atoms in total. The molecule has 1 aromatic carbocycles. The van der Waals surface area contributed by atoms with Crippen LogP contribution in [0.15, 0.2) is 30.3 Å². The summed E-state index contributed by atoms with van der Waals surface area (Å²) in [4.78, 5) is 15.2. The van der Waals surface area contributed by atoms with Gasteiger partial charge in [-0.1, -0.05) is 41.7 Å². The average Bonchev–Trinajstić information content (AvgIpc) is 3.00. The number of aryl methyl sites for hydroxylation is 1. The molecule has 2 N–H and O–H groups in total. The van der Waals surface area contributed by atoms with Crippen LogP contribution in [0, 0.1) is 0 Å². The maximum Gasteiger partial charge on any atom is 0.267 e. The van der Waals surface area contributed by atoms with Crippen molar-refractivity contribution in [2.45, 2.75) is 26.3 Å². The maximum absolute atomic E-state index is 12.7. The van der Waals surface area contributed by atoms with Gasteiger partial charge in [-0.2, -0.15) is 0 Å². The summed E-state index contributed by atoms with van der Waals surface area (Å²) >= 11 is 1.17. The van der Waals surface area contributed by atoms with Gasteiger partial charge in [-0.05, 0) is 36.5 Å². The van der Waals surface area contributed by atoms with Gasteiger partial charge >= 0.3 is 0 Å². The van der Waals surface area contributed by atoms with Crippen LogP contribution in [-0.2, 0) is 13.0 Å². The van der Waals surface area contributed by atoms with Gasteiger partial charge in [0.1, 0.15) is 4.88 Å². The van der Waals surface area contributed by atoms with E-state index in [1.807, 2.05) is 42.2 Å². The van der Waals surface area contributed by atoms with Crippen molar-refractivity contribution in [1.29, 1.82) is 0 Å². The lowest BCUT2D eigenvalue weighted by Gasteiger charge is -2.22. The third-order valence-corrected chi connectivity index (χ3v) is 3.98. The van der Waals surface area contributed by atoms with Crippen LogP contribution in [0.3, 0.4) is 0 Å². The van der Waals surface area contributed by atoms with Gasteiger partial charge in [0, 0.05) is 13.1 Å². The molecule has 0 aliphatic carbocycles. The summed E-state index contributed by atoms with van der Waals surface area (Å²) in [5.41, 5.74) is 7.47. The topological polar surface area (TPSA) is 72.1 Å². The van der Waals surface area contributed by atoms with Crippen LogP contribution in [0.2, 0.25) is 0 Å². The van der Waals surface area contributed by atoms with Gasteiger partial charge in [0.2, 0.25) is 0 Å². The lowest BCUT2D eigenvalue weighted by atomic mass is 10.2. The van der Waals surface area contributed by atoms with E-state index in [0.29, 0.717) is 30.9 Å². The molecule has 2 aromatic rings. The Morgan fingerprint density at radius 2 is 2.10 bits per heavy atom. The second kappa shape index (κ2) is 7.85. The molecule has 2 rings (SSSR count). The van der Waals surface area contributed by atoms with Crippen LogP contribution in [0.1, 0.15) is 34.3 Å². The van der Waals surface area contributed by atoms with E-state index < -0.39 is 0 Å². The molecule has 0 saturated heterocycles. The van der Waals surface area contributed by atoms with E-state index in [9.17, 15) is 4.79 Å². The molecule has 0 aliphatic rings. The van der Waals surface area contributed by atoms with E-state index in [1.165, 1.54) is 11.5 Å². The molecule has 0 spiro atoms. The Labute approximate surface area is 128 Å². The molecule has 0 saturated carbocycles. The zero-order valence-electron chi connectivity index (χ0n) is 12.2. The van der Waals surface area contributed by atoms with Crippen LogP contribution >= 0.6 is 11.5 Å². The van der Waals surface area contributed by atoms with Gasteiger partial charge in [0.05, 0.1) is 5.69 Å². The Balaban J connectivity index is 2.17. The van der Waals surface area contributed by atoms with E-state index in [4.69, 9.17) is 5.73 Å². The molecule has 0 atom stereocenters. The first-order valence-corrected chi connectivity index (χ1v) is 7.88. The number of benzene rings is 1. The van der Waals surface area contributed by atoms with E-state index >= 15 is 0 Å². The van der Waals surface area contributed by atoms with Crippen molar-refractivity contribution in [1.82, 2.24) is 14.5 Å². The number of nitrogens with two attached hydrogens (primary N) is 1. The number of amides is 1. The lowest BCUT2D eigenvalue weighted by Crippen LogP contribution is -2.32. The van der Waals surface area contributed by atoms with Gasteiger partial charge < -0.3 is 10.6 Å². The highest BCUT2D eigenvalue weighted by atomic mass is 32.1. The summed E-state index contributed by atoms with van der Waals surface area (Å²) in [5.74, 6) is -0.000784. The summed E-state index contributed by atoms with van der Waals surface area (Å²) in [6.45, 7) is 3.78. The highest BCUT2D eigenvalue weighted by molar-refractivity contribution is 7.07. The van der Waals surface area contributed by atoms with Gasteiger partial charge in [-0.25, -0.2) is 0 Å². The molecule has 0 bridgehead atoms. The van der Waals surface area contributed by atoms with Gasteiger partial charge in [-0.3, -0.25) is 4.79 Å². The van der Waals surface area contributed by atoms with Crippen LogP contribution in [0.5, 0.6) is 0 Å². The minimum Gasteiger partial charge on any atom is -0.333 e. The van der Waals surface area contributed by atoms with Crippen molar-refractivity contribution in [3.63, 3.8) is 0 Å². The first-order valence-electron chi connectivity index (χ1n) is 7.10. The Hall–Kier alpha value is -1.79. The quantitative estimate of drug-likeness (QED) is 0.850. The van der Waals surface area contributed by atoms with E-state index in [2.05, 4.69) is 9.59 Å². The highest BCUT2D eigenvalue weighted by Gasteiger charge is 2.21. The molecule has 0 fully saturated rings. The number of hydrogen-bond donors (Lipinski definition) is 1. The molecular weight excluding hydrogens is 284 g/mol. The van der Waals surface area contributed by atoms with Crippen molar-refractivity contribution in [2.75, 3.05) is 13.1 Å². The number of hydrogen-bond acceptors (Lipinski definition) is 5. The molecule has 112 valence electrons. The molecular formula is C15H20N4OS. The summed E-state index contributed by atoms with van der Waals surface area (Å²) in [6, 6.07) is 9.97. The summed E-state index contributed by atoms with van der Waals surface area (Å²) in [5, 5.41) is 4.02. The van der Waals surface area contributed by atoms with E-state index in [-0.39, 0.29) is 5.91 Å². The zero-order chi connectivity index (χ0) is 15.1. The Morgan fingerprint density at radius 3 is 2.76 bits per heavy atom. The largest absolute Gasteiger partial charge is 0.333 e. The van der Waals surface area contributed by atoms with Crippen molar-refractivity contribution in [2.24, 2.45) is 5.73 Å². The van der Waals surface area contributed by atoms with Gasteiger partial charge in [0.15, 0.2) is 0 Å². The van der Waals surface area contributed by atoms with E-state index in [1.54, 1.807) is 0 Å². The van der Waals surface area contributed by atoms with Crippen molar-refractivity contribution in [3.05, 3.63) is 46.5 Å². The monoisotopic (exact) mass is 304 g/mol. The fourth-order valence-corrected chi connectivity index (χ4v) is 2.80. The standard InChI is InChI=1S/C15H20N4OS/c1-2-13-14(21-18-17-13)15(20)19(10-6-9-16)11-12-7-4-3-5-8-12/h3-5,7-8H,2,6,9-11,16H2,1H3. The summed E-state index contributed by atoms with van der Waals surface area (Å²) in [7, 11) is 0. The maximum atomic E-state index is 12.7. The summed E-state index contributed by atoms with van der Waals surface area (Å²) < 4.78 is 3.90. The summed E-state index contributed by atoms with van der Waals surface area (Å²) in [6.07, 6.45) is 1.50. The number of carbonyl (C=O) groups excluding carboxylic acids is 1. The molecule has 0 aliphatic heterocycles.